The summed E-state index contributed by atoms with van der Waals surface area (Å²) in [6.07, 6.45) is -0.231. The lowest BCUT2D eigenvalue weighted by molar-refractivity contribution is -0.135. The van der Waals surface area contributed by atoms with Gasteiger partial charge < -0.3 is 14.8 Å². The molecule has 1 atom stereocenters. The van der Waals surface area contributed by atoms with E-state index in [1.54, 1.807) is 6.92 Å². The van der Waals surface area contributed by atoms with E-state index in [4.69, 9.17) is 4.74 Å². The molecule has 5 heteroatoms. The van der Waals surface area contributed by atoms with Gasteiger partial charge in [0.25, 0.3) is 6.47 Å². The first kappa shape index (κ1) is 11.9. The van der Waals surface area contributed by atoms with E-state index in [-0.39, 0.29) is 25.2 Å². The lowest BCUT2D eigenvalue weighted by atomic mass is 10.3. The van der Waals surface area contributed by atoms with Crippen molar-refractivity contribution in [2.24, 2.45) is 0 Å². The van der Waals surface area contributed by atoms with Gasteiger partial charge >= 0.3 is 0 Å². The van der Waals surface area contributed by atoms with Gasteiger partial charge in [-0.1, -0.05) is 0 Å². The highest BCUT2D eigenvalue weighted by molar-refractivity contribution is 5.76. The number of amides is 1. The van der Waals surface area contributed by atoms with Crippen molar-refractivity contribution < 1.29 is 19.1 Å². The van der Waals surface area contributed by atoms with Crippen molar-refractivity contribution in [1.29, 1.82) is 0 Å². The molecule has 13 heavy (non-hydrogen) atoms. The Kier molecular flexibility index (Phi) is 6.91. The molecule has 0 aromatic rings. The van der Waals surface area contributed by atoms with Gasteiger partial charge in [0.2, 0.25) is 5.91 Å². The molecular weight excluding hydrogens is 174 g/mol. The van der Waals surface area contributed by atoms with Crippen molar-refractivity contribution >= 4 is 12.4 Å². The molecule has 0 fully saturated rings. The van der Waals surface area contributed by atoms with Crippen molar-refractivity contribution in [2.45, 2.75) is 26.4 Å². The average Bonchev–Trinajstić information content (AvgIpc) is 2.05. The molecule has 0 heterocycles. The summed E-state index contributed by atoms with van der Waals surface area (Å²) in [4.78, 5) is 20.9. The van der Waals surface area contributed by atoms with Crippen LogP contribution >= 0.6 is 0 Å². The Morgan fingerprint density at radius 2 is 2.31 bits per heavy atom. The number of hydrogen-bond acceptors (Lipinski definition) is 4. The van der Waals surface area contributed by atoms with Crippen LogP contribution in [0.4, 0.5) is 0 Å². The van der Waals surface area contributed by atoms with Crippen LogP contribution in [-0.4, -0.2) is 31.8 Å². The maximum atomic E-state index is 11.0. The van der Waals surface area contributed by atoms with Gasteiger partial charge in [0.05, 0.1) is 6.42 Å². The number of carbonyl (C=O) groups is 2. The summed E-state index contributed by atoms with van der Waals surface area (Å²) in [6.45, 7) is 4.57. The maximum absolute atomic E-state index is 11.0. The summed E-state index contributed by atoms with van der Waals surface area (Å²) in [5.74, 6) is -0.192. The average molecular weight is 189 g/mol. The number of nitrogens with one attached hydrogen (secondary N) is 1. The zero-order chi connectivity index (χ0) is 10.1. The zero-order valence-electron chi connectivity index (χ0n) is 7.91. The second kappa shape index (κ2) is 7.54. The largest absolute Gasteiger partial charge is 0.464 e. The van der Waals surface area contributed by atoms with Gasteiger partial charge in [-0.05, 0) is 13.8 Å². The summed E-state index contributed by atoms with van der Waals surface area (Å²) in [5, 5.41) is 2.52. The van der Waals surface area contributed by atoms with E-state index in [2.05, 4.69) is 10.1 Å². The topological polar surface area (TPSA) is 64.6 Å². The number of ether oxygens (including phenoxy) is 2. The third-order valence-corrected chi connectivity index (χ3v) is 1.34. The predicted octanol–water partition coefficient (Wildman–Crippen LogP) is 0.0482. The van der Waals surface area contributed by atoms with Crippen LogP contribution in [0.3, 0.4) is 0 Å². The van der Waals surface area contributed by atoms with E-state index < -0.39 is 0 Å². The quantitative estimate of drug-likeness (QED) is 0.349. The molecular formula is C8H15NO4. The zero-order valence-corrected chi connectivity index (χ0v) is 7.91. The lowest BCUT2D eigenvalue weighted by Crippen LogP contribution is -2.29. The third-order valence-electron chi connectivity index (χ3n) is 1.34. The Labute approximate surface area is 77.4 Å². The second-order valence-electron chi connectivity index (χ2n) is 2.48. The van der Waals surface area contributed by atoms with Crippen LogP contribution in [0.1, 0.15) is 20.3 Å². The van der Waals surface area contributed by atoms with E-state index in [0.29, 0.717) is 13.1 Å². The SMILES string of the molecule is CCOCNC(=O)CC(C)OC=O. The summed E-state index contributed by atoms with van der Waals surface area (Å²) in [6, 6.07) is 0. The highest BCUT2D eigenvalue weighted by Gasteiger charge is 2.08. The Bertz CT molecular complexity index is 160. The minimum absolute atomic E-state index is 0.159. The van der Waals surface area contributed by atoms with Crippen LogP contribution in [0.5, 0.6) is 0 Å². The monoisotopic (exact) mass is 189 g/mol. The van der Waals surface area contributed by atoms with Gasteiger partial charge in [-0.3, -0.25) is 9.59 Å². The number of rotatable bonds is 7. The van der Waals surface area contributed by atoms with Crippen LogP contribution < -0.4 is 5.32 Å². The molecule has 0 aromatic carbocycles. The van der Waals surface area contributed by atoms with Crippen LogP contribution in [0.2, 0.25) is 0 Å². The van der Waals surface area contributed by atoms with Gasteiger partial charge in [-0.25, -0.2) is 0 Å². The van der Waals surface area contributed by atoms with Crippen molar-refractivity contribution in [3.8, 4) is 0 Å². The predicted molar refractivity (Wildman–Crippen MR) is 45.9 cm³/mol. The Balaban J connectivity index is 3.43. The molecule has 0 aliphatic rings. The van der Waals surface area contributed by atoms with E-state index in [0.717, 1.165) is 0 Å². The standard InChI is InChI=1S/C8H15NO4/c1-3-12-5-9-8(11)4-7(2)13-6-10/h6-7H,3-5H2,1-2H3,(H,9,11). The molecule has 0 radical (unpaired) electrons. The van der Waals surface area contributed by atoms with Gasteiger partial charge in [0.15, 0.2) is 0 Å². The molecule has 1 unspecified atom stereocenters. The number of carbonyl (C=O) groups excluding carboxylic acids is 2. The van der Waals surface area contributed by atoms with E-state index in [9.17, 15) is 9.59 Å². The number of hydrogen-bond donors (Lipinski definition) is 1. The fourth-order valence-electron chi connectivity index (χ4n) is 0.710. The smallest absolute Gasteiger partial charge is 0.293 e. The van der Waals surface area contributed by atoms with Crippen molar-refractivity contribution in [1.82, 2.24) is 5.32 Å². The van der Waals surface area contributed by atoms with Gasteiger partial charge in [-0.2, -0.15) is 0 Å². The van der Waals surface area contributed by atoms with Gasteiger partial charge in [-0.15, -0.1) is 0 Å². The van der Waals surface area contributed by atoms with E-state index in [1.165, 1.54) is 0 Å². The molecule has 0 rings (SSSR count). The summed E-state index contributed by atoms with van der Waals surface area (Å²) in [5.41, 5.74) is 0. The molecule has 76 valence electrons. The van der Waals surface area contributed by atoms with E-state index >= 15 is 0 Å². The minimum atomic E-state index is -0.390. The Morgan fingerprint density at radius 1 is 1.62 bits per heavy atom. The van der Waals surface area contributed by atoms with Crippen LogP contribution in [-0.2, 0) is 19.1 Å². The maximum Gasteiger partial charge on any atom is 0.293 e. The highest BCUT2D eigenvalue weighted by atomic mass is 16.5. The molecule has 0 saturated carbocycles. The van der Waals surface area contributed by atoms with Crippen molar-refractivity contribution in [3.63, 3.8) is 0 Å². The molecule has 5 nitrogen and oxygen atoms in total. The van der Waals surface area contributed by atoms with Crippen LogP contribution in [0.25, 0.3) is 0 Å². The summed E-state index contributed by atoms with van der Waals surface area (Å²) in [7, 11) is 0. The lowest BCUT2D eigenvalue weighted by Gasteiger charge is -2.09. The first-order chi connectivity index (χ1) is 6.20. The summed E-state index contributed by atoms with van der Waals surface area (Å²) >= 11 is 0. The Hall–Kier alpha value is -1.10. The molecule has 1 N–H and O–H groups in total. The van der Waals surface area contributed by atoms with Gasteiger partial charge in [0, 0.05) is 6.61 Å². The first-order valence-electron chi connectivity index (χ1n) is 4.14. The minimum Gasteiger partial charge on any atom is -0.464 e. The molecule has 0 spiro atoms. The fourth-order valence-corrected chi connectivity index (χ4v) is 0.710. The molecule has 1 amide bonds. The summed E-state index contributed by atoms with van der Waals surface area (Å²) < 4.78 is 9.44. The first-order valence-corrected chi connectivity index (χ1v) is 4.14. The molecule has 0 bridgehead atoms. The van der Waals surface area contributed by atoms with Gasteiger partial charge in [0.1, 0.15) is 12.8 Å². The van der Waals surface area contributed by atoms with Crippen LogP contribution in [0, 0.1) is 0 Å². The molecule has 0 aromatic heterocycles. The normalized spacial score (nSPS) is 11.8. The van der Waals surface area contributed by atoms with Crippen molar-refractivity contribution in [3.05, 3.63) is 0 Å². The molecule has 0 aliphatic carbocycles. The third kappa shape index (κ3) is 7.27. The van der Waals surface area contributed by atoms with E-state index in [1.807, 2.05) is 6.92 Å². The molecule has 0 aliphatic heterocycles. The fraction of sp³-hybridized carbons (Fsp3) is 0.750. The molecule has 0 saturated heterocycles. The Morgan fingerprint density at radius 3 is 2.85 bits per heavy atom. The van der Waals surface area contributed by atoms with Crippen molar-refractivity contribution in [2.75, 3.05) is 13.3 Å². The highest BCUT2D eigenvalue weighted by Crippen LogP contribution is 1.94. The van der Waals surface area contributed by atoms with Crippen LogP contribution in [0.15, 0.2) is 0 Å². The second-order valence-corrected chi connectivity index (χ2v) is 2.48.